The second-order valence-corrected chi connectivity index (χ2v) is 7.80. The maximum atomic E-state index is 12.2. The van der Waals surface area contributed by atoms with E-state index >= 15 is 0 Å². The molecule has 0 atom stereocenters. The van der Waals surface area contributed by atoms with Crippen molar-refractivity contribution in [3.05, 3.63) is 23.2 Å². The molecule has 27 heavy (non-hydrogen) atoms. The van der Waals surface area contributed by atoms with Gasteiger partial charge in [0.1, 0.15) is 0 Å². The van der Waals surface area contributed by atoms with Crippen molar-refractivity contribution in [3.63, 3.8) is 0 Å². The fourth-order valence-corrected chi connectivity index (χ4v) is 3.43. The van der Waals surface area contributed by atoms with Crippen molar-refractivity contribution in [1.82, 2.24) is 10.2 Å². The molecule has 0 saturated carbocycles. The maximum Gasteiger partial charge on any atom is 0.225 e. The van der Waals surface area contributed by atoms with E-state index in [1.165, 1.54) is 0 Å². The van der Waals surface area contributed by atoms with Crippen LogP contribution in [-0.4, -0.2) is 48.0 Å². The van der Waals surface area contributed by atoms with Crippen LogP contribution in [0.1, 0.15) is 33.6 Å². The predicted molar refractivity (Wildman–Crippen MR) is 114 cm³/mol. The molecule has 148 valence electrons. The molecule has 0 radical (unpaired) electrons. The van der Waals surface area contributed by atoms with Crippen molar-refractivity contribution in [2.45, 2.75) is 33.6 Å². The van der Waals surface area contributed by atoms with E-state index in [1.54, 1.807) is 13.0 Å². The Hall–Kier alpha value is -1.86. The summed E-state index contributed by atoms with van der Waals surface area (Å²) in [6, 6.07) is 5.60. The maximum absolute atomic E-state index is 12.2. The van der Waals surface area contributed by atoms with Crippen LogP contribution in [0.2, 0.25) is 5.02 Å². The first kappa shape index (κ1) is 21.4. The molecule has 0 aromatic heterocycles. The van der Waals surface area contributed by atoms with Gasteiger partial charge in [-0.05, 0) is 36.3 Å². The van der Waals surface area contributed by atoms with Crippen molar-refractivity contribution in [2.75, 3.05) is 36.4 Å². The summed E-state index contributed by atoms with van der Waals surface area (Å²) in [6.07, 6.45) is 0.961. The highest BCUT2D eigenvalue weighted by molar-refractivity contribution is 7.80. The Labute approximate surface area is 171 Å². The first-order valence-corrected chi connectivity index (χ1v) is 10.0. The fraction of sp³-hybridized carbons (Fsp3) is 0.526. The molecule has 1 saturated heterocycles. The standard InChI is InChI=1S/C19H27ClN4O2S/c1-4-17(25)22-19(27)21-14-5-6-16(15(20)12-14)23-7-9-24(10-8-23)18(26)11-13(2)3/h5-6,12-13H,4,7-11H2,1-3H3,(H2,21,22,25,27). The minimum absolute atomic E-state index is 0.139. The van der Waals surface area contributed by atoms with E-state index in [0.29, 0.717) is 36.9 Å². The number of amides is 2. The lowest BCUT2D eigenvalue weighted by Gasteiger charge is -2.37. The molecule has 0 bridgehead atoms. The van der Waals surface area contributed by atoms with Gasteiger partial charge in [0.2, 0.25) is 11.8 Å². The lowest BCUT2D eigenvalue weighted by molar-refractivity contribution is -0.132. The Morgan fingerprint density at radius 3 is 2.44 bits per heavy atom. The number of thiocarbonyl (C=S) groups is 1. The molecule has 1 heterocycles. The van der Waals surface area contributed by atoms with Crippen LogP contribution in [0, 0.1) is 5.92 Å². The van der Waals surface area contributed by atoms with Gasteiger partial charge in [-0.25, -0.2) is 0 Å². The van der Waals surface area contributed by atoms with Gasteiger partial charge in [0.05, 0.1) is 10.7 Å². The van der Waals surface area contributed by atoms with E-state index < -0.39 is 0 Å². The van der Waals surface area contributed by atoms with Crippen LogP contribution in [0.4, 0.5) is 11.4 Å². The lowest BCUT2D eigenvalue weighted by Crippen LogP contribution is -2.49. The van der Waals surface area contributed by atoms with Crippen LogP contribution in [-0.2, 0) is 9.59 Å². The molecule has 6 nitrogen and oxygen atoms in total. The fourth-order valence-electron chi connectivity index (χ4n) is 2.89. The molecule has 1 aliphatic rings. The molecular weight excluding hydrogens is 384 g/mol. The van der Waals surface area contributed by atoms with Gasteiger partial charge in [-0.1, -0.05) is 32.4 Å². The van der Waals surface area contributed by atoms with Gasteiger partial charge in [0, 0.05) is 44.7 Å². The molecular formula is C19H27ClN4O2S. The highest BCUT2D eigenvalue weighted by atomic mass is 35.5. The summed E-state index contributed by atoms with van der Waals surface area (Å²) in [7, 11) is 0. The van der Waals surface area contributed by atoms with Gasteiger partial charge in [0.15, 0.2) is 5.11 Å². The van der Waals surface area contributed by atoms with Crippen molar-refractivity contribution in [1.29, 1.82) is 0 Å². The minimum atomic E-state index is -0.139. The Morgan fingerprint density at radius 2 is 1.89 bits per heavy atom. The number of rotatable bonds is 5. The van der Waals surface area contributed by atoms with Gasteiger partial charge < -0.3 is 20.4 Å². The average molecular weight is 411 g/mol. The van der Waals surface area contributed by atoms with Crippen molar-refractivity contribution >= 4 is 52.1 Å². The van der Waals surface area contributed by atoms with Crippen LogP contribution >= 0.6 is 23.8 Å². The number of carbonyl (C=O) groups is 2. The summed E-state index contributed by atoms with van der Waals surface area (Å²) in [5.41, 5.74) is 1.65. The Morgan fingerprint density at radius 1 is 1.22 bits per heavy atom. The summed E-state index contributed by atoms with van der Waals surface area (Å²) < 4.78 is 0. The van der Waals surface area contributed by atoms with Crippen molar-refractivity contribution in [3.8, 4) is 0 Å². The SMILES string of the molecule is CCC(=O)NC(=S)Nc1ccc(N2CCN(C(=O)CC(C)C)CC2)c(Cl)c1. The second kappa shape index (κ2) is 9.90. The van der Waals surface area contributed by atoms with E-state index in [-0.39, 0.29) is 16.9 Å². The number of piperazine rings is 1. The molecule has 8 heteroatoms. The van der Waals surface area contributed by atoms with Gasteiger partial charge >= 0.3 is 0 Å². The van der Waals surface area contributed by atoms with E-state index in [9.17, 15) is 9.59 Å². The zero-order valence-electron chi connectivity index (χ0n) is 16.0. The molecule has 2 rings (SSSR count). The first-order chi connectivity index (χ1) is 12.8. The number of nitrogens with one attached hydrogen (secondary N) is 2. The molecule has 0 aliphatic carbocycles. The van der Waals surface area contributed by atoms with Crippen LogP contribution in [0.25, 0.3) is 0 Å². The number of carbonyl (C=O) groups excluding carboxylic acids is 2. The molecule has 2 amide bonds. The number of hydrogen-bond donors (Lipinski definition) is 2. The van der Waals surface area contributed by atoms with Gasteiger partial charge in [-0.3, -0.25) is 9.59 Å². The molecule has 0 spiro atoms. The summed E-state index contributed by atoms with van der Waals surface area (Å²) in [6.45, 7) is 8.79. The topological polar surface area (TPSA) is 64.7 Å². The molecule has 2 N–H and O–H groups in total. The largest absolute Gasteiger partial charge is 0.367 e. The molecule has 1 aromatic carbocycles. The Kier molecular flexibility index (Phi) is 7.86. The van der Waals surface area contributed by atoms with E-state index in [2.05, 4.69) is 29.4 Å². The summed E-state index contributed by atoms with van der Waals surface area (Å²) in [5.74, 6) is 0.455. The van der Waals surface area contributed by atoms with Gasteiger partial charge in [-0.15, -0.1) is 0 Å². The molecule has 1 aliphatic heterocycles. The number of halogens is 1. The Bertz CT molecular complexity index is 703. The number of hydrogen-bond acceptors (Lipinski definition) is 4. The quantitative estimate of drug-likeness (QED) is 0.729. The lowest BCUT2D eigenvalue weighted by atomic mass is 10.1. The van der Waals surface area contributed by atoms with E-state index in [1.807, 2.05) is 17.0 Å². The number of anilines is 2. The zero-order valence-corrected chi connectivity index (χ0v) is 17.6. The third-order valence-corrected chi connectivity index (χ3v) is 4.84. The molecule has 1 aromatic rings. The molecule has 0 unspecified atom stereocenters. The highest BCUT2D eigenvalue weighted by Crippen LogP contribution is 2.29. The van der Waals surface area contributed by atoms with Gasteiger partial charge in [-0.2, -0.15) is 0 Å². The summed E-state index contributed by atoms with van der Waals surface area (Å²) >= 11 is 11.6. The van der Waals surface area contributed by atoms with Crippen LogP contribution in [0.3, 0.4) is 0 Å². The monoisotopic (exact) mass is 410 g/mol. The predicted octanol–water partition coefficient (Wildman–Crippen LogP) is 3.26. The zero-order chi connectivity index (χ0) is 20.0. The molecule has 1 fully saturated rings. The van der Waals surface area contributed by atoms with Crippen molar-refractivity contribution < 1.29 is 9.59 Å². The Balaban J connectivity index is 1.94. The smallest absolute Gasteiger partial charge is 0.225 e. The van der Waals surface area contributed by atoms with Crippen molar-refractivity contribution in [2.24, 2.45) is 5.92 Å². The number of benzene rings is 1. The van der Waals surface area contributed by atoms with Crippen LogP contribution < -0.4 is 15.5 Å². The third kappa shape index (κ3) is 6.36. The van der Waals surface area contributed by atoms with Crippen LogP contribution in [0.5, 0.6) is 0 Å². The summed E-state index contributed by atoms with van der Waals surface area (Å²) in [4.78, 5) is 27.7. The van der Waals surface area contributed by atoms with Gasteiger partial charge in [0.25, 0.3) is 0 Å². The second-order valence-electron chi connectivity index (χ2n) is 6.99. The van der Waals surface area contributed by atoms with E-state index in [4.69, 9.17) is 23.8 Å². The van der Waals surface area contributed by atoms with E-state index in [0.717, 1.165) is 24.5 Å². The minimum Gasteiger partial charge on any atom is -0.367 e. The number of nitrogens with zero attached hydrogens (tertiary/aromatic N) is 2. The normalized spacial score (nSPS) is 14.3. The first-order valence-electron chi connectivity index (χ1n) is 9.23. The highest BCUT2D eigenvalue weighted by Gasteiger charge is 2.22. The average Bonchev–Trinajstić information content (AvgIpc) is 2.61. The summed E-state index contributed by atoms with van der Waals surface area (Å²) in [5, 5.41) is 6.41. The van der Waals surface area contributed by atoms with Crippen LogP contribution in [0.15, 0.2) is 18.2 Å². The third-order valence-electron chi connectivity index (χ3n) is 4.34.